The Morgan fingerprint density at radius 1 is 0.459 bits per heavy atom. The van der Waals surface area contributed by atoms with Gasteiger partial charge in [-0.1, -0.05) is 333 Å². The van der Waals surface area contributed by atoms with Gasteiger partial charge >= 0.3 is 5.97 Å². The van der Waals surface area contributed by atoms with Crippen LogP contribution in [0.5, 0.6) is 0 Å². The molecule has 1 aliphatic rings. The zero-order chi connectivity index (χ0) is 61.7. The van der Waals surface area contributed by atoms with Crippen LogP contribution in [0.3, 0.4) is 0 Å². The van der Waals surface area contributed by atoms with Crippen LogP contribution in [0.15, 0.2) is 36.5 Å². The second-order valence-corrected chi connectivity index (χ2v) is 25.7. The highest BCUT2D eigenvalue weighted by atomic mass is 16.7. The fraction of sp³-hybridized carbons (Fsp3) is 0.892. The summed E-state index contributed by atoms with van der Waals surface area (Å²) in [5.41, 5.74) is 0. The Morgan fingerprint density at radius 3 is 1.22 bits per heavy atom. The molecule has 1 amide bonds. The zero-order valence-corrected chi connectivity index (χ0v) is 55.8. The number of amides is 1. The van der Waals surface area contributed by atoms with Crippen molar-refractivity contribution in [3.63, 3.8) is 0 Å². The predicted octanol–water partition coefficient (Wildman–Crippen LogP) is 19.0. The number of aliphatic hydroxyl groups is 5. The van der Waals surface area contributed by atoms with Crippen molar-refractivity contribution in [1.29, 1.82) is 0 Å². The molecule has 8 unspecified atom stereocenters. The third kappa shape index (κ3) is 49.4. The molecule has 500 valence electrons. The van der Waals surface area contributed by atoms with Gasteiger partial charge in [-0.25, -0.2) is 0 Å². The molecule has 6 N–H and O–H groups in total. The number of carbonyl (C=O) groups excluding carboxylic acids is 2. The second kappa shape index (κ2) is 62.1. The first-order valence-electron chi connectivity index (χ1n) is 36.8. The fourth-order valence-electron chi connectivity index (χ4n) is 11.7. The molecule has 1 saturated heterocycles. The lowest BCUT2D eigenvalue weighted by atomic mass is 9.99. The lowest BCUT2D eigenvalue weighted by Crippen LogP contribution is -2.61. The summed E-state index contributed by atoms with van der Waals surface area (Å²) in [5.74, 6) is -1.18. The van der Waals surface area contributed by atoms with Crippen LogP contribution in [0.2, 0.25) is 0 Å². The number of aliphatic hydroxyl groups excluding tert-OH is 5. The zero-order valence-electron chi connectivity index (χ0n) is 55.8. The number of rotatable bonds is 64. The van der Waals surface area contributed by atoms with Gasteiger partial charge in [0.2, 0.25) is 5.91 Å². The molecule has 0 bridgehead atoms. The lowest BCUT2D eigenvalue weighted by Gasteiger charge is -2.41. The van der Waals surface area contributed by atoms with Gasteiger partial charge in [0.05, 0.1) is 25.4 Å². The summed E-state index contributed by atoms with van der Waals surface area (Å²) in [5, 5.41) is 57.2. The molecule has 0 saturated carbocycles. The maximum atomic E-state index is 13.5. The normalized spacial score (nSPS) is 18.5. The topological polar surface area (TPSA) is 175 Å². The molecule has 85 heavy (non-hydrogen) atoms. The SMILES string of the molecule is CCCCC/C=C\C/C=C\CCCCCCCCCCCC(=O)OC1C(OCC(NC(=O)C(O)CCCCCCCCCCCCCCCCCCCCCCCCCCCC)C(O)/C=C/CCCCCCCCCCC)OC(CO)C(O)C1O. The number of nitrogens with one attached hydrogen (secondary N) is 1. The summed E-state index contributed by atoms with van der Waals surface area (Å²) < 4.78 is 17.7. The summed E-state index contributed by atoms with van der Waals surface area (Å²) in [6.45, 7) is 5.81. The smallest absolute Gasteiger partial charge is 0.306 e. The number of hydrogen-bond acceptors (Lipinski definition) is 10. The molecule has 1 aliphatic heterocycles. The van der Waals surface area contributed by atoms with E-state index in [1.807, 2.05) is 6.08 Å². The lowest BCUT2D eigenvalue weighted by molar-refractivity contribution is -0.305. The van der Waals surface area contributed by atoms with Crippen LogP contribution >= 0.6 is 0 Å². The van der Waals surface area contributed by atoms with E-state index in [0.717, 1.165) is 70.6 Å². The number of allylic oxidation sites excluding steroid dienone is 5. The quantitative estimate of drug-likeness (QED) is 0.0195. The van der Waals surface area contributed by atoms with E-state index >= 15 is 0 Å². The van der Waals surface area contributed by atoms with Crippen LogP contribution in [0, 0.1) is 0 Å². The van der Waals surface area contributed by atoms with Gasteiger partial charge in [0.15, 0.2) is 12.4 Å². The monoisotopic (exact) mass is 1200 g/mol. The molecule has 0 aromatic carbocycles. The van der Waals surface area contributed by atoms with Gasteiger partial charge in [0, 0.05) is 6.42 Å². The highest BCUT2D eigenvalue weighted by molar-refractivity contribution is 5.80. The third-order valence-corrected chi connectivity index (χ3v) is 17.5. The van der Waals surface area contributed by atoms with Crippen molar-refractivity contribution in [1.82, 2.24) is 5.32 Å². The molecule has 0 radical (unpaired) electrons. The highest BCUT2D eigenvalue weighted by Gasteiger charge is 2.47. The van der Waals surface area contributed by atoms with Crippen LogP contribution in [0.4, 0.5) is 0 Å². The van der Waals surface area contributed by atoms with Gasteiger partial charge in [-0.2, -0.15) is 0 Å². The van der Waals surface area contributed by atoms with E-state index < -0.39 is 67.4 Å². The molecule has 0 aliphatic carbocycles. The minimum absolute atomic E-state index is 0.121. The van der Waals surface area contributed by atoms with Crippen molar-refractivity contribution in [2.24, 2.45) is 0 Å². The molecular weight excluding hydrogens is 1060 g/mol. The average Bonchev–Trinajstić information content (AvgIpc) is 2.90. The van der Waals surface area contributed by atoms with Gasteiger partial charge in [0.25, 0.3) is 0 Å². The Morgan fingerprint density at radius 2 is 0.812 bits per heavy atom. The average molecular weight is 1200 g/mol. The van der Waals surface area contributed by atoms with Crippen molar-refractivity contribution >= 4 is 11.9 Å². The number of unbranched alkanes of at least 4 members (excludes halogenated alkanes) is 46. The number of esters is 1. The molecule has 0 aromatic rings. The molecule has 0 spiro atoms. The molecule has 1 fully saturated rings. The molecule has 8 atom stereocenters. The molecule has 1 rings (SSSR count). The molecule has 11 nitrogen and oxygen atoms in total. The van der Waals surface area contributed by atoms with Gasteiger partial charge in [0.1, 0.15) is 24.4 Å². The summed E-state index contributed by atoms with van der Waals surface area (Å²) in [6, 6.07) is -1.02. The largest absolute Gasteiger partial charge is 0.454 e. The standard InChI is InChI=1S/C74H139NO10/c1-4-7-10-13-16-19-22-24-26-28-30-31-32-33-34-35-36-38-39-41-43-46-49-52-55-58-61-67(78)73(82)75-65(66(77)60-57-54-51-48-45-21-18-15-12-9-6-3)64-83-74-72(71(81)70(80)68(63-76)84-74)85-69(79)62-59-56-53-50-47-44-42-40-37-29-27-25-23-20-17-14-11-8-5-2/h17,20,25,27,57,60,65-68,70-72,74,76-78,80-81H,4-16,18-19,21-24,26,28-56,58-59,61-64H2,1-3H3,(H,75,82)/b20-17-,27-25-,60-57+. The van der Waals surface area contributed by atoms with E-state index in [0.29, 0.717) is 19.3 Å². The van der Waals surface area contributed by atoms with Gasteiger partial charge in [-0.05, 0) is 57.8 Å². The van der Waals surface area contributed by atoms with Gasteiger partial charge in [-0.15, -0.1) is 0 Å². The summed E-state index contributed by atoms with van der Waals surface area (Å²) >= 11 is 0. The number of hydrogen-bond donors (Lipinski definition) is 6. The van der Waals surface area contributed by atoms with Crippen molar-refractivity contribution in [2.45, 2.75) is 410 Å². The van der Waals surface area contributed by atoms with Crippen LogP contribution in [0.25, 0.3) is 0 Å². The van der Waals surface area contributed by atoms with Crippen LogP contribution in [-0.2, 0) is 23.8 Å². The van der Waals surface area contributed by atoms with Gasteiger partial charge in [-0.3, -0.25) is 9.59 Å². The first-order chi connectivity index (χ1) is 41.7. The number of ether oxygens (including phenoxy) is 3. The molecule has 11 heteroatoms. The Kier molecular flexibility index (Phi) is 59.1. The van der Waals surface area contributed by atoms with Crippen molar-refractivity contribution in [3.05, 3.63) is 36.5 Å². The van der Waals surface area contributed by atoms with E-state index in [4.69, 9.17) is 14.2 Å². The van der Waals surface area contributed by atoms with Crippen molar-refractivity contribution in [2.75, 3.05) is 13.2 Å². The van der Waals surface area contributed by atoms with E-state index in [1.54, 1.807) is 6.08 Å². The summed E-state index contributed by atoms with van der Waals surface area (Å²) in [4.78, 5) is 26.7. The van der Waals surface area contributed by atoms with Crippen molar-refractivity contribution < 1.29 is 49.3 Å². The number of carbonyl (C=O) groups is 2. The van der Waals surface area contributed by atoms with Crippen LogP contribution in [0.1, 0.15) is 361 Å². The first kappa shape index (κ1) is 80.9. The molecule has 0 aromatic heterocycles. The van der Waals surface area contributed by atoms with E-state index in [2.05, 4.69) is 50.4 Å². The maximum Gasteiger partial charge on any atom is 0.306 e. The Balaban J connectivity index is 2.51. The van der Waals surface area contributed by atoms with Crippen molar-refractivity contribution in [3.8, 4) is 0 Å². The highest BCUT2D eigenvalue weighted by Crippen LogP contribution is 2.27. The third-order valence-electron chi connectivity index (χ3n) is 17.5. The Labute approximate surface area is 523 Å². The Bertz CT molecular complexity index is 1520. The Hall–Kier alpha value is -2.12. The fourth-order valence-corrected chi connectivity index (χ4v) is 11.7. The van der Waals surface area contributed by atoms with E-state index in [1.165, 1.54) is 244 Å². The van der Waals surface area contributed by atoms with Crippen LogP contribution < -0.4 is 5.32 Å². The van der Waals surface area contributed by atoms with E-state index in [9.17, 15) is 35.1 Å². The van der Waals surface area contributed by atoms with E-state index in [-0.39, 0.29) is 13.0 Å². The summed E-state index contributed by atoms with van der Waals surface area (Å²) in [7, 11) is 0. The molecular formula is C74H139NO10. The van der Waals surface area contributed by atoms with Gasteiger partial charge < -0.3 is 45.1 Å². The van der Waals surface area contributed by atoms with Crippen LogP contribution in [-0.4, -0.2) is 99.6 Å². The minimum Gasteiger partial charge on any atom is -0.454 e. The molecule has 1 heterocycles. The first-order valence-corrected chi connectivity index (χ1v) is 36.8. The maximum absolute atomic E-state index is 13.5. The second-order valence-electron chi connectivity index (χ2n) is 25.7. The predicted molar refractivity (Wildman–Crippen MR) is 357 cm³/mol. The summed E-state index contributed by atoms with van der Waals surface area (Å²) in [6.07, 6.45) is 66.3. The minimum atomic E-state index is -1.61.